The van der Waals surface area contributed by atoms with Gasteiger partial charge >= 0.3 is 0 Å². The van der Waals surface area contributed by atoms with Crippen LogP contribution in [0.25, 0.3) is 0 Å². The molecule has 0 saturated carbocycles. The Balaban J connectivity index is 2.66. The summed E-state index contributed by atoms with van der Waals surface area (Å²) in [4.78, 5) is 0.863. The number of halogens is 8. The molecule has 0 heterocycles. The average molecular weight is 377 g/mol. The molecule has 0 bridgehead atoms. The van der Waals surface area contributed by atoms with E-state index in [1.54, 1.807) is 0 Å². The van der Waals surface area contributed by atoms with Gasteiger partial charge in [-0.3, -0.25) is 4.39 Å². The molecule has 9 heteroatoms. The summed E-state index contributed by atoms with van der Waals surface area (Å²) in [5, 5.41) is 0. The number of alkyl halides is 6. The monoisotopic (exact) mass is 377 g/mol. The fourth-order valence-corrected chi connectivity index (χ4v) is 2.26. The maximum absolute atomic E-state index is 13.9. The normalized spacial score (nSPS) is 17.6. The van der Waals surface area contributed by atoms with Crippen LogP contribution in [0.3, 0.4) is 0 Å². The minimum absolute atomic E-state index is 0.269. The van der Waals surface area contributed by atoms with Gasteiger partial charge in [0, 0.05) is 13.1 Å². The van der Waals surface area contributed by atoms with Crippen molar-refractivity contribution >= 4 is 5.69 Å². The lowest BCUT2D eigenvalue weighted by atomic mass is 10.0. The van der Waals surface area contributed by atoms with Crippen molar-refractivity contribution in [3.63, 3.8) is 0 Å². The van der Waals surface area contributed by atoms with Crippen molar-refractivity contribution in [2.45, 2.75) is 43.7 Å². The van der Waals surface area contributed by atoms with Gasteiger partial charge in [0.25, 0.3) is 0 Å². The van der Waals surface area contributed by atoms with Gasteiger partial charge in [0.2, 0.25) is 0 Å². The number of hydrogen-bond donors (Lipinski definition) is 0. The topological polar surface area (TPSA) is 3.24 Å². The zero-order valence-electron chi connectivity index (χ0n) is 13.4. The molecule has 1 nitrogen and oxygen atoms in total. The van der Waals surface area contributed by atoms with Gasteiger partial charge in [-0.25, -0.2) is 30.7 Å². The van der Waals surface area contributed by atoms with E-state index in [-0.39, 0.29) is 12.1 Å². The SMILES string of the molecule is CN(CC(F)C(F)C(F)C(F)C(F)CCCF)c1ccc(F)cc1F. The Morgan fingerprint density at radius 1 is 0.920 bits per heavy atom. The van der Waals surface area contributed by atoms with Crippen LogP contribution in [-0.2, 0) is 0 Å². The van der Waals surface area contributed by atoms with Crippen molar-refractivity contribution in [1.82, 2.24) is 0 Å². The number of hydrogen-bond acceptors (Lipinski definition) is 1. The quantitative estimate of drug-likeness (QED) is 0.528. The molecule has 25 heavy (non-hydrogen) atoms. The predicted octanol–water partition coefficient (Wildman–Crippen LogP) is 4.84. The van der Waals surface area contributed by atoms with E-state index in [2.05, 4.69) is 0 Å². The molecule has 0 aliphatic carbocycles. The molecule has 0 aromatic heterocycles. The van der Waals surface area contributed by atoms with Crippen LogP contribution in [0.2, 0.25) is 0 Å². The highest BCUT2D eigenvalue weighted by molar-refractivity contribution is 5.47. The summed E-state index contributed by atoms with van der Waals surface area (Å²) in [6.45, 7) is -1.80. The van der Waals surface area contributed by atoms with Crippen molar-refractivity contribution in [3.8, 4) is 0 Å². The first-order chi connectivity index (χ1) is 11.7. The Hall–Kier alpha value is -1.54. The summed E-state index contributed by atoms with van der Waals surface area (Å²) in [5.41, 5.74) is -0.269. The number of rotatable bonds is 10. The molecule has 0 aliphatic heterocycles. The van der Waals surface area contributed by atoms with Crippen LogP contribution in [0, 0.1) is 11.6 Å². The van der Waals surface area contributed by atoms with Crippen molar-refractivity contribution in [2.75, 3.05) is 25.2 Å². The lowest BCUT2D eigenvalue weighted by molar-refractivity contribution is 0.000657. The second-order valence-corrected chi connectivity index (χ2v) is 5.67. The third kappa shape index (κ3) is 6.04. The van der Waals surface area contributed by atoms with Gasteiger partial charge < -0.3 is 4.90 Å². The lowest BCUT2D eigenvalue weighted by Crippen LogP contribution is -2.43. The number of anilines is 1. The van der Waals surface area contributed by atoms with Crippen LogP contribution in [0.1, 0.15) is 12.8 Å². The summed E-state index contributed by atoms with van der Waals surface area (Å²) in [6.07, 6.45) is -15.1. The van der Waals surface area contributed by atoms with Gasteiger partial charge in [-0.05, 0) is 25.0 Å². The van der Waals surface area contributed by atoms with E-state index in [9.17, 15) is 35.1 Å². The van der Waals surface area contributed by atoms with Crippen molar-refractivity contribution in [2.24, 2.45) is 0 Å². The predicted molar refractivity (Wildman–Crippen MR) is 79.3 cm³/mol. The van der Waals surface area contributed by atoms with E-state index < -0.39 is 62.1 Å². The van der Waals surface area contributed by atoms with Crippen LogP contribution in [-0.4, -0.2) is 51.1 Å². The third-order valence-corrected chi connectivity index (χ3v) is 3.68. The summed E-state index contributed by atoms with van der Waals surface area (Å²) >= 11 is 0. The van der Waals surface area contributed by atoms with Crippen LogP contribution in [0.15, 0.2) is 18.2 Å². The first kappa shape index (κ1) is 21.5. The van der Waals surface area contributed by atoms with E-state index in [1.807, 2.05) is 0 Å². The summed E-state index contributed by atoms with van der Waals surface area (Å²) in [5.74, 6) is -1.92. The van der Waals surface area contributed by atoms with E-state index in [0.717, 1.165) is 24.1 Å². The van der Waals surface area contributed by atoms with Crippen molar-refractivity contribution < 1.29 is 35.1 Å². The molecule has 0 radical (unpaired) electrons. The van der Waals surface area contributed by atoms with Gasteiger partial charge in [0.15, 0.2) is 24.7 Å². The molecule has 0 aliphatic rings. The maximum Gasteiger partial charge on any atom is 0.168 e. The molecule has 144 valence electrons. The highest BCUT2D eigenvalue weighted by Gasteiger charge is 2.40. The van der Waals surface area contributed by atoms with E-state index >= 15 is 0 Å². The maximum atomic E-state index is 13.9. The Labute approximate surface area is 140 Å². The van der Waals surface area contributed by atoms with E-state index in [1.165, 1.54) is 0 Å². The Bertz CT molecular complexity index is 529. The van der Waals surface area contributed by atoms with Crippen molar-refractivity contribution in [1.29, 1.82) is 0 Å². The molecular formula is C16H19F8N. The van der Waals surface area contributed by atoms with E-state index in [0.29, 0.717) is 6.07 Å². The highest BCUT2D eigenvalue weighted by atomic mass is 19.2. The fourth-order valence-electron chi connectivity index (χ4n) is 2.26. The zero-order chi connectivity index (χ0) is 19.1. The third-order valence-electron chi connectivity index (χ3n) is 3.68. The Morgan fingerprint density at radius 2 is 1.52 bits per heavy atom. The van der Waals surface area contributed by atoms with Gasteiger partial charge in [-0.2, -0.15) is 0 Å². The van der Waals surface area contributed by atoms with Crippen LogP contribution in [0.4, 0.5) is 40.8 Å². The minimum atomic E-state index is -3.09. The van der Waals surface area contributed by atoms with Crippen molar-refractivity contribution in [3.05, 3.63) is 29.8 Å². The zero-order valence-corrected chi connectivity index (χ0v) is 13.4. The molecule has 0 spiro atoms. The summed E-state index contributed by atoms with van der Waals surface area (Å²) in [7, 11) is 1.15. The summed E-state index contributed by atoms with van der Waals surface area (Å²) < 4.78 is 106. The van der Waals surface area contributed by atoms with E-state index in [4.69, 9.17) is 0 Å². The molecule has 0 saturated heterocycles. The van der Waals surface area contributed by atoms with Crippen LogP contribution >= 0.6 is 0 Å². The second kappa shape index (κ2) is 9.82. The van der Waals surface area contributed by atoms with Crippen LogP contribution in [0.5, 0.6) is 0 Å². The van der Waals surface area contributed by atoms with Gasteiger partial charge in [0.05, 0.1) is 18.9 Å². The number of nitrogens with zero attached hydrogens (tertiary/aromatic N) is 1. The molecule has 5 atom stereocenters. The molecule has 1 rings (SSSR count). The van der Waals surface area contributed by atoms with Gasteiger partial charge in [-0.1, -0.05) is 0 Å². The molecular weight excluding hydrogens is 358 g/mol. The smallest absolute Gasteiger partial charge is 0.168 e. The standard InChI is InChI=1S/C16H19F8N/c1-25(13-5-4-9(18)7-11(13)20)8-12(21)15(23)16(24)14(22)10(19)3-2-6-17/h4-5,7,10,12,14-16H,2-3,6,8H2,1H3. The molecule has 1 aromatic carbocycles. The largest absolute Gasteiger partial charge is 0.369 e. The first-order valence-corrected chi connectivity index (χ1v) is 7.61. The number of benzene rings is 1. The second-order valence-electron chi connectivity index (χ2n) is 5.67. The minimum Gasteiger partial charge on any atom is -0.369 e. The highest BCUT2D eigenvalue weighted by Crippen LogP contribution is 2.25. The van der Waals surface area contributed by atoms with Gasteiger partial charge in [0.1, 0.15) is 17.8 Å². The Kier molecular flexibility index (Phi) is 8.44. The summed E-state index contributed by atoms with van der Waals surface area (Å²) in [6, 6.07) is 2.40. The van der Waals surface area contributed by atoms with Gasteiger partial charge in [-0.15, -0.1) is 0 Å². The molecule has 0 N–H and O–H groups in total. The average Bonchev–Trinajstić information content (AvgIpc) is 2.57. The lowest BCUT2D eigenvalue weighted by Gasteiger charge is -2.26. The van der Waals surface area contributed by atoms with Crippen LogP contribution < -0.4 is 4.90 Å². The first-order valence-electron chi connectivity index (χ1n) is 7.61. The molecule has 0 amide bonds. The molecule has 5 unspecified atom stereocenters. The molecule has 1 aromatic rings. The molecule has 0 fully saturated rings. The fraction of sp³-hybridized carbons (Fsp3) is 0.625. The Morgan fingerprint density at radius 3 is 2.08 bits per heavy atom.